The zero-order chi connectivity index (χ0) is 11.9. The van der Waals surface area contributed by atoms with Gasteiger partial charge in [0.15, 0.2) is 0 Å². The van der Waals surface area contributed by atoms with Crippen LogP contribution in [-0.4, -0.2) is 23.9 Å². The molecule has 0 N–H and O–H groups in total. The van der Waals surface area contributed by atoms with Crippen molar-refractivity contribution in [1.29, 1.82) is 0 Å². The highest BCUT2D eigenvalue weighted by atomic mass is 16.6. The molecule has 4 rings (SSSR count). The van der Waals surface area contributed by atoms with Gasteiger partial charge in [-0.25, -0.2) is 0 Å². The molecular formula is C15H24O2. The van der Waals surface area contributed by atoms with Crippen molar-refractivity contribution in [2.45, 2.75) is 70.2 Å². The Labute approximate surface area is 104 Å². The third-order valence-electron chi connectivity index (χ3n) is 6.23. The van der Waals surface area contributed by atoms with Crippen molar-refractivity contribution >= 4 is 0 Å². The van der Waals surface area contributed by atoms with E-state index in [0.717, 1.165) is 18.4 Å². The Bertz CT molecular complexity index is 358. The summed E-state index contributed by atoms with van der Waals surface area (Å²) in [5.74, 6) is 1.57. The van der Waals surface area contributed by atoms with E-state index in [4.69, 9.17) is 9.47 Å². The van der Waals surface area contributed by atoms with E-state index in [9.17, 15) is 0 Å². The minimum absolute atomic E-state index is 0.221. The zero-order valence-corrected chi connectivity index (χ0v) is 11.3. The molecule has 2 saturated carbocycles. The lowest BCUT2D eigenvalue weighted by Crippen LogP contribution is -2.43. The molecule has 2 heteroatoms. The molecule has 0 aromatic rings. The van der Waals surface area contributed by atoms with Gasteiger partial charge in [-0.15, -0.1) is 0 Å². The van der Waals surface area contributed by atoms with Crippen LogP contribution in [0.15, 0.2) is 0 Å². The van der Waals surface area contributed by atoms with Crippen molar-refractivity contribution in [3.63, 3.8) is 0 Å². The fourth-order valence-corrected chi connectivity index (χ4v) is 4.81. The smallest absolute Gasteiger partial charge is 0.0948 e. The summed E-state index contributed by atoms with van der Waals surface area (Å²) in [5, 5.41) is 0. The summed E-state index contributed by atoms with van der Waals surface area (Å²) in [7, 11) is 0. The Hall–Kier alpha value is -0.0800. The van der Waals surface area contributed by atoms with Crippen LogP contribution in [0.4, 0.5) is 0 Å². The van der Waals surface area contributed by atoms with Crippen LogP contribution in [0.2, 0.25) is 0 Å². The van der Waals surface area contributed by atoms with Gasteiger partial charge < -0.3 is 9.47 Å². The van der Waals surface area contributed by atoms with E-state index in [0.29, 0.717) is 11.5 Å². The maximum absolute atomic E-state index is 5.96. The highest BCUT2D eigenvalue weighted by Gasteiger charge is 2.67. The van der Waals surface area contributed by atoms with Gasteiger partial charge in [0.25, 0.3) is 0 Å². The number of fused-ring (bicyclic) bond motifs is 3. The van der Waals surface area contributed by atoms with Gasteiger partial charge in [-0.05, 0) is 56.3 Å². The first-order valence-electron chi connectivity index (χ1n) is 7.27. The molecule has 0 aromatic heterocycles. The molecule has 2 aliphatic carbocycles. The third kappa shape index (κ3) is 1.40. The average molecular weight is 236 g/mol. The van der Waals surface area contributed by atoms with Crippen LogP contribution in [0, 0.1) is 17.3 Å². The van der Waals surface area contributed by atoms with Gasteiger partial charge in [-0.3, -0.25) is 0 Å². The quantitative estimate of drug-likeness (QED) is 0.604. The molecule has 0 amide bonds. The van der Waals surface area contributed by atoms with E-state index in [1.54, 1.807) is 0 Å². The standard InChI is InChI=1S/C15H24O2/c1-13(2)5-4-6-15(9-16-15)10-7-12-14(3,17-12)8-11(10)13/h10-12H,4-9H2,1-3H3/t10-,11-,12-,14+,15-/m0/s1. The lowest BCUT2D eigenvalue weighted by atomic mass is 9.60. The van der Waals surface area contributed by atoms with Crippen LogP contribution in [0.5, 0.6) is 0 Å². The molecule has 1 spiro atoms. The maximum atomic E-state index is 5.96. The molecule has 2 aliphatic heterocycles. The molecule has 0 unspecified atom stereocenters. The molecule has 17 heavy (non-hydrogen) atoms. The van der Waals surface area contributed by atoms with Crippen molar-refractivity contribution < 1.29 is 9.47 Å². The minimum atomic E-state index is 0.221. The lowest BCUT2D eigenvalue weighted by molar-refractivity contribution is 0.0499. The van der Waals surface area contributed by atoms with Crippen LogP contribution in [0.1, 0.15) is 52.9 Å². The van der Waals surface area contributed by atoms with Crippen molar-refractivity contribution in [3.8, 4) is 0 Å². The summed E-state index contributed by atoms with van der Waals surface area (Å²) in [6, 6.07) is 0. The molecule has 0 aromatic carbocycles. The molecule has 4 fully saturated rings. The van der Waals surface area contributed by atoms with Gasteiger partial charge in [0, 0.05) is 0 Å². The number of rotatable bonds is 0. The summed E-state index contributed by atoms with van der Waals surface area (Å²) in [6.45, 7) is 8.28. The zero-order valence-electron chi connectivity index (χ0n) is 11.3. The molecule has 0 bridgehead atoms. The number of hydrogen-bond acceptors (Lipinski definition) is 2. The van der Waals surface area contributed by atoms with Gasteiger partial charge in [-0.1, -0.05) is 13.8 Å². The number of ether oxygens (including phenoxy) is 2. The predicted octanol–water partition coefficient (Wildman–Crippen LogP) is 3.15. The van der Waals surface area contributed by atoms with Gasteiger partial charge in [0.1, 0.15) is 0 Å². The van der Waals surface area contributed by atoms with E-state index in [1.165, 1.54) is 32.1 Å². The first-order chi connectivity index (χ1) is 7.95. The van der Waals surface area contributed by atoms with Gasteiger partial charge >= 0.3 is 0 Å². The van der Waals surface area contributed by atoms with Crippen molar-refractivity contribution in [2.75, 3.05) is 6.61 Å². The molecule has 4 aliphatic rings. The molecular weight excluding hydrogens is 212 g/mol. The Morgan fingerprint density at radius 1 is 1.06 bits per heavy atom. The third-order valence-corrected chi connectivity index (χ3v) is 6.23. The second-order valence-corrected chi connectivity index (χ2v) is 7.77. The highest BCUT2D eigenvalue weighted by molar-refractivity contribution is 5.15. The van der Waals surface area contributed by atoms with Gasteiger partial charge in [0.05, 0.1) is 23.9 Å². The Kier molecular flexibility index (Phi) is 1.85. The first-order valence-corrected chi connectivity index (χ1v) is 7.27. The summed E-state index contributed by atoms with van der Waals surface area (Å²) >= 11 is 0. The number of hydrogen-bond donors (Lipinski definition) is 0. The van der Waals surface area contributed by atoms with Crippen LogP contribution in [-0.2, 0) is 9.47 Å². The summed E-state index contributed by atoms with van der Waals surface area (Å²) in [4.78, 5) is 0. The van der Waals surface area contributed by atoms with Crippen LogP contribution < -0.4 is 0 Å². The van der Waals surface area contributed by atoms with Crippen LogP contribution in [0.3, 0.4) is 0 Å². The fourth-order valence-electron chi connectivity index (χ4n) is 4.81. The molecule has 2 saturated heterocycles. The second-order valence-electron chi connectivity index (χ2n) is 7.77. The average Bonchev–Trinajstić information content (AvgIpc) is 3.10. The van der Waals surface area contributed by atoms with Gasteiger partial charge in [-0.2, -0.15) is 0 Å². The predicted molar refractivity (Wildman–Crippen MR) is 65.8 cm³/mol. The van der Waals surface area contributed by atoms with Crippen molar-refractivity contribution in [2.24, 2.45) is 17.3 Å². The normalized spacial score (nSPS) is 59.1. The van der Waals surface area contributed by atoms with Gasteiger partial charge in [0.2, 0.25) is 0 Å². The van der Waals surface area contributed by atoms with Crippen LogP contribution in [0.25, 0.3) is 0 Å². The van der Waals surface area contributed by atoms with E-state index in [2.05, 4.69) is 20.8 Å². The summed E-state index contributed by atoms with van der Waals surface area (Å²) < 4.78 is 11.9. The van der Waals surface area contributed by atoms with Crippen molar-refractivity contribution in [3.05, 3.63) is 0 Å². The maximum Gasteiger partial charge on any atom is 0.0948 e. The minimum Gasteiger partial charge on any atom is -0.369 e. The Morgan fingerprint density at radius 3 is 2.53 bits per heavy atom. The van der Waals surface area contributed by atoms with E-state index < -0.39 is 0 Å². The topological polar surface area (TPSA) is 25.1 Å². The summed E-state index contributed by atoms with van der Waals surface area (Å²) in [5.41, 5.74) is 0.963. The molecule has 2 nitrogen and oxygen atoms in total. The molecule has 2 heterocycles. The molecule has 0 radical (unpaired) electrons. The van der Waals surface area contributed by atoms with Crippen LogP contribution >= 0.6 is 0 Å². The van der Waals surface area contributed by atoms with Crippen molar-refractivity contribution in [1.82, 2.24) is 0 Å². The lowest BCUT2D eigenvalue weighted by Gasteiger charge is -2.42. The first kappa shape index (κ1) is 10.8. The Morgan fingerprint density at radius 2 is 1.82 bits per heavy atom. The monoisotopic (exact) mass is 236 g/mol. The second kappa shape index (κ2) is 2.91. The van der Waals surface area contributed by atoms with E-state index in [1.807, 2.05) is 0 Å². The summed E-state index contributed by atoms with van der Waals surface area (Å²) in [6.07, 6.45) is 7.06. The fraction of sp³-hybridized carbons (Fsp3) is 1.00. The largest absolute Gasteiger partial charge is 0.369 e. The van der Waals surface area contributed by atoms with E-state index in [-0.39, 0.29) is 11.2 Å². The number of epoxide rings is 2. The van der Waals surface area contributed by atoms with E-state index >= 15 is 0 Å². The SMILES string of the molecule is CC1(C)CCC[C@]2(CO2)[C@H]2C[C@@H]3O[C@]3(C)C[C@@H]21. The molecule has 5 atom stereocenters. The molecule has 96 valence electrons. The Balaban J connectivity index is 1.70. The highest BCUT2D eigenvalue weighted by Crippen LogP contribution is 2.63.